The number of amides is 2. The number of esters is 1. The van der Waals surface area contributed by atoms with Gasteiger partial charge in [0.15, 0.2) is 23.0 Å². The van der Waals surface area contributed by atoms with E-state index in [4.69, 9.17) is 29.4 Å². The minimum Gasteiger partial charge on any atom is -0.504 e. The average Bonchev–Trinajstić information content (AvgIpc) is 3.56. The van der Waals surface area contributed by atoms with Crippen molar-refractivity contribution in [2.45, 2.75) is 89.5 Å². The Labute approximate surface area is 301 Å². The van der Waals surface area contributed by atoms with Gasteiger partial charge in [-0.3, -0.25) is 24.7 Å². The number of piperazine rings is 1. The van der Waals surface area contributed by atoms with Gasteiger partial charge < -0.3 is 34.5 Å². The number of hydrogen-bond acceptors (Lipinski definition) is 14. The van der Waals surface area contributed by atoms with Crippen LogP contribution in [0.25, 0.3) is 0 Å². The number of imide groups is 1. The third-order valence-electron chi connectivity index (χ3n) is 10.5. The first kappa shape index (κ1) is 36.6. The number of fused-ring (bicyclic) bond motifs is 9. The van der Waals surface area contributed by atoms with E-state index >= 15 is 0 Å². The largest absolute Gasteiger partial charge is 0.504 e. The van der Waals surface area contributed by atoms with Crippen LogP contribution in [0.15, 0.2) is 6.07 Å². The summed E-state index contributed by atoms with van der Waals surface area (Å²) in [5, 5.41) is 24.7. The molecule has 1 fully saturated rings. The molecular weight excluding hydrogens is 678 g/mol. The fourth-order valence-electron chi connectivity index (χ4n) is 8.29. The van der Waals surface area contributed by atoms with Crippen molar-refractivity contribution in [3.63, 3.8) is 0 Å². The maximum absolute atomic E-state index is 13.2. The molecule has 4 aliphatic rings. The molecule has 2 aromatic rings. The predicted molar refractivity (Wildman–Crippen MR) is 187 cm³/mol. The number of carbonyl (C=O) groups excluding carboxylic acids is 3. The first-order valence-corrected chi connectivity index (χ1v) is 18.1. The number of alkyl carbamates (subject to hydrolysis) is 1. The zero-order valence-electron chi connectivity index (χ0n) is 30.1. The molecule has 0 saturated carbocycles. The highest BCUT2D eigenvalue weighted by atomic mass is 32.2. The average molecular weight is 724 g/mol. The molecule has 15 heteroatoms. The minimum atomic E-state index is -0.994. The lowest BCUT2D eigenvalue weighted by Gasteiger charge is -2.61. The number of likely N-dealkylation sites (N-methyl/N-ethyl adjacent to an activating group) is 1. The molecule has 274 valence electrons. The first-order valence-electron chi connectivity index (χ1n) is 17.0. The monoisotopic (exact) mass is 723 g/mol. The number of phenols is 1. The zero-order valence-corrected chi connectivity index (χ0v) is 30.9. The number of phenolic OH excluding ortho intramolecular Hbond substituents is 1. The standard InChI is InChI=1S/C36H45N5O9S/c1-9-51-34-25-24(33-32(48-14-49-33)17(5)31(25)50-18(6)42)22(13-47-36(45)39-35(44)26(38)15(2)3)41-21(12-37)20-11-19-10-16(4)30(46-8)29(43)23(19)27(28(34)41)40(20)7/h10,15,20-22,26-28,34,43H,9,11,13-14,38H2,1-8H3,(H,39,44,45)/t20-,21+,22+,26?,27+,28?,34-/m1/s1. The van der Waals surface area contributed by atoms with Gasteiger partial charge in [0.05, 0.1) is 36.6 Å². The molecule has 4 heterocycles. The number of rotatable bonds is 8. The van der Waals surface area contributed by atoms with Crippen molar-refractivity contribution in [1.82, 2.24) is 15.1 Å². The number of methoxy groups -OCH3 is 1. The molecule has 1 saturated heterocycles. The van der Waals surface area contributed by atoms with Crippen molar-refractivity contribution in [3.8, 4) is 34.8 Å². The molecule has 6 rings (SSSR count). The molecule has 2 bridgehead atoms. The smallest absolute Gasteiger partial charge is 0.413 e. The quantitative estimate of drug-likeness (QED) is 0.263. The zero-order chi connectivity index (χ0) is 37.0. The lowest BCUT2D eigenvalue weighted by Crippen LogP contribution is -2.69. The van der Waals surface area contributed by atoms with E-state index < -0.39 is 53.4 Å². The van der Waals surface area contributed by atoms with Gasteiger partial charge in [-0.15, -0.1) is 0 Å². The molecule has 4 aliphatic heterocycles. The number of benzene rings is 2. The lowest BCUT2D eigenvalue weighted by atomic mass is 9.71. The Morgan fingerprint density at radius 1 is 1.18 bits per heavy atom. The van der Waals surface area contributed by atoms with Gasteiger partial charge in [-0.2, -0.15) is 17.0 Å². The molecule has 2 aromatic carbocycles. The Hall–Kier alpha value is -4.23. The van der Waals surface area contributed by atoms with E-state index in [0.29, 0.717) is 57.4 Å². The first-order chi connectivity index (χ1) is 24.3. The van der Waals surface area contributed by atoms with Crippen LogP contribution in [0.5, 0.6) is 28.7 Å². The Bertz CT molecular complexity index is 1810. The molecule has 0 radical (unpaired) electrons. The molecule has 2 amide bonds. The summed E-state index contributed by atoms with van der Waals surface area (Å²) < 4.78 is 29.5. The molecule has 0 aliphatic carbocycles. The van der Waals surface area contributed by atoms with E-state index in [0.717, 1.165) is 11.1 Å². The van der Waals surface area contributed by atoms with Crippen LogP contribution < -0.4 is 30.0 Å². The Morgan fingerprint density at radius 2 is 1.88 bits per heavy atom. The number of nitriles is 1. The molecule has 51 heavy (non-hydrogen) atoms. The lowest BCUT2D eigenvalue weighted by molar-refractivity contribution is -0.132. The highest BCUT2D eigenvalue weighted by Gasteiger charge is 2.60. The summed E-state index contributed by atoms with van der Waals surface area (Å²) in [4.78, 5) is 42.8. The van der Waals surface area contributed by atoms with Gasteiger partial charge in [-0.25, -0.2) is 4.79 Å². The normalized spacial score (nSPS) is 25.2. The van der Waals surface area contributed by atoms with Gasteiger partial charge in [0.2, 0.25) is 12.7 Å². The number of nitrogens with two attached hydrogens (primary N) is 1. The number of nitrogens with zero attached hydrogens (tertiary/aromatic N) is 3. The molecule has 2 unspecified atom stereocenters. The van der Waals surface area contributed by atoms with E-state index in [9.17, 15) is 24.8 Å². The minimum absolute atomic E-state index is 0.0264. The van der Waals surface area contributed by atoms with Gasteiger partial charge >= 0.3 is 12.1 Å². The summed E-state index contributed by atoms with van der Waals surface area (Å²) >= 11 is 1.61. The number of thioether (sulfide) groups is 1. The van der Waals surface area contributed by atoms with E-state index in [1.165, 1.54) is 14.0 Å². The summed E-state index contributed by atoms with van der Waals surface area (Å²) in [5.41, 5.74) is 10.2. The Kier molecular flexibility index (Phi) is 10.1. The van der Waals surface area contributed by atoms with Crippen LogP contribution in [0, 0.1) is 31.1 Å². The number of nitrogens with one attached hydrogen (secondary N) is 1. The van der Waals surface area contributed by atoms with Crippen LogP contribution in [0.4, 0.5) is 4.79 Å². The van der Waals surface area contributed by atoms with Gasteiger partial charge in [-0.1, -0.05) is 26.8 Å². The summed E-state index contributed by atoms with van der Waals surface area (Å²) in [6.07, 6.45) is -0.535. The summed E-state index contributed by atoms with van der Waals surface area (Å²) in [5.74, 6) is 0.713. The van der Waals surface area contributed by atoms with Gasteiger partial charge in [0, 0.05) is 41.3 Å². The van der Waals surface area contributed by atoms with Crippen LogP contribution in [0.3, 0.4) is 0 Å². The van der Waals surface area contributed by atoms with E-state index in [1.807, 2.05) is 27.0 Å². The van der Waals surface area contributed by atoms with Crippen molar-refractivity contribution in [2.75, 3.05) is 33.3 Å². The fraction of sp³-hybridized carbons (Fsp3) is 0.556. The molecule has 14 nitrogen and oxygen atoms in total. The van der Waals surface area contributed by atoms with Crippen LogP contribution in [-0.4, -0.2) is 90.4 Å². The van der Waals surface area contributed by atoms with Crippen molar-refractivity contribution < 1.29 is 43.2 Å². The SMILES string of the molecule is CCS[C@@H]1c2c(OC(C)=O)c(C)c3c(c2[C@H](COC(=O)NC(=O)C(N)C(C)C)N2C1[C@@H]1c4c(cc(C)c(OC)c4O)C[C@H]([C@@H]2C#N)N1C)OCO3. The molecule has 0 spiro atoms. The van der Waals surface area contributed by atoms with Crippen molar-refractivity contribution in [1.29, 1.82) is 5.26 Å². The molecular formula is C36H45N5O9S. The maximum Gasteiger partial charge on any atom is 0.413 e. The Balaban J connectivity index is 1.60. The van der Waals surface area contributed by atoms with Gasteiger partial charge in [0.25, 0.3) is 0 Å². The number of aryl methyl sites for hydroxylation is 1. The predicted octanol–water partition coefficient (Wildman–Crippen LogP) is 3.93. The van der Waals surface area contributed by atoms with Crippen molar-refractivity contribution in [3.05, 3.63) is 39.4 Å². The van der Waals surface area contributed by atoms with E-state index in [2.05, 4.69) is 21.2 Å². The fourth-order valence-corrected chi connectivity index (χ4v) is 9.54. The molecule has 7 atom stereocenters. The van der Waals surface area contributed by atoms with Crippen molar-refractivity contribution >= 4 is 29.7 Å². The number of hydrogen-bond donors (Lipinski definition) is 3. The summed E-state index contributed by atoms with van der Waals surface area (Å²) in [6.45, 7) is 10.2. The molecule has 4 N–H and O–H groups in total. The molecule has 0 aromatic heterocycles. The summed E-state index contributed by atoms with van der Waals surface area (Å²) in [6, 6.07) is 0.758. The number of ether oxygens (including phenoxy) is 5. The third kappa shape index (κ3) is 5.91. The maximum atomic E-state index is 13.2. The third-order valence-corrected chi connectivity index (χ3v) is 11.7. The van der Waals surface area contributed by atoms with Crippen molar-refractivity contribution in [2.24, 2.45) is 11.7 Å². The second kappa shape index (κ2) is 14.1. The topological polar surface area (TPSA) is 186 Å². The van der Waals surface area contributed by atoms with Crippen LogP contribution in [0.2, 0.25) is 0 Å². The second-order valence-electron chi connectivity index (χ2n) is 13.7. The Morgan fingerprint density at radius 3 is 2.51 bits per heavy atom. The van der Waals surface area contributed by atoms with E-state index in [-0.39, 0.29) is 31.1 Å². The van der Waals surface area contributed by atoms with E-state index in [1.54, 1.807) is 32.5 Å². The highest BCUT2D eigenvalue weighted by Crippen LogP contribution is 2.63. The van der Waals surface area contributed by atoms with Crippen LogP contribution in [-0.2, 0) is 20.7 Å². The number of aromatic hydroxyl groups is 1. The number of carbonyl (C=O) groups is 3. The van der Waals surface area contributed by atoms with Crippen LogP contribution in [0.1, 0.15) is 78.4 Å². The second-order valence-corrected chi connectivity index (χ2v) is 15.1. The van der Waals surface area contributed by atoms with Crippen LogP contribution >= 0.6 is 11.8 Å². The summed E-state index contributed by atoms with van der Waals surface area (Å²) in [7, 11) is 3.47. The van der Waals surface area contributed by atoms with Gasteiger partial charge in [0.1, 0.15) is 18.4 Å². The van der Waals surface area contributed by atoms with Gasteiger partial charge in [-0.05, 0) is 50.1 Å². The highest BCUT2D eigenvalue weighted by molar-refractivity contribution is 7.99.